The fourth-order valence-corrected chi connectivity index (χ4v) is 5.31. The van der Waals surface area contributed by atoms with Crippen LogP contribution >= 0.6 is 27.7 Å². The van der Waals surface area contributed by atoms with Crippen molar-refractivity contribution in [3.05, 3.63) is 28.5 Å². The zero-order valence-corrected chi connectivity index (χ0v) is 17.1. The van der Waals surface area contributed by atoms with Gasteiger partial charge < -0.3 is 10.2 Å². The average molecular weight is 438 g/mol. The maximum Gasteiger partial charge on any atom is 0.303 e. The second-order valence-corrected chi connectivity index (χ2v) is 9.01. The highest BCUT2D eigenvalue weighted by Crippen LogP contribution is 2.38. The van der Waals surface area contributed by atoms with E-state index in [1.165, 1.54) is 37.0 Å². The molecule has 4 nitrogen and oxygen atoms in total. The minimum absolute atomic E-state index is 0.150. The molecule has 1 aromatic heterocycles. The third-order valence-corrected chi connectivity index (χ3v) is 6.82. The maximum atomic E-state index is 10.6. The van der Waals surface area contributed by atoms with E-state index in [-0.39, 0.29) is 12.2 Å². The highest BCUT2D eigenvalue weighted by Gasteiger charge is 2.17. The van der Waals surface area contributed by atoms with Crippen molar-refractivity contribution in [1.82, 2.24) is 4.98 Å². The number of aromatic hydroxyl groups is 1. The summed E-state index contributed by atoms with van der Waals surface area (Å²) in [5.74, 6) is -0.572. The third kappa shape index (κ3) is 4.92. The SMILES string of the molecule is O=C(O)CCCCc1nc(Br)c2cc(SC3CCCCC3)ccc2c1O. The van der Waals surface area contributed by atoms with Gasteiger partial charge in [0.25, 0.3) is 0 Å². The summed E-state index contributed by atoms with van der Waals surface area (Å²) < 4.78 is 0.740. The van der Waals surface area contributed by atoms with Gasteiger partial charge in [-0.25, -0.2) is 4.98 Å². The van der Waals surface area contributed by atoms with Gasteiger partial charge in [-0.15, -0.1) is 11.8 Å². The van der Waals surface area contributed by atoms with Crippen molar-refractivity contribution in [3.8, 4) is 5.75 Å². The molecule has 0 unspecified atom stereocenters. The van der Waals surface area contributed by atoms with Crippen LogP contribution in [0.5, 0.6) is 5.75 Å². The molecule has 0 amide bonds. The van der Waals surface area contributed by atoms with Crippen molar-refractivity contribution in [1.29, 1.82) is 0 Å². The van der Waals surface area contributed by atoms with Gasteiger partial charge in [0.2, 0.25) is 0 Å². The number of carboxylic acid groups (broad SMARTS) is 1. The van der Waals surface area contributed by atoms with Crippen LogP contribution in [0.15, 0.2) is 27.7 Å². The molecule has 1 aliphatic carbocycles. The molecule has 0 aliphatic heterocycles. The molecule has 1 aliphatic rings. The summed E-state index contributed by atoms with van der Waals surface area (Å²) in [5, 5.41) is 21.7. The molecule has 1 fully saturated rings. The number of hydrogen-bond acceptors (Lipinski definition) is 4. The predicted octanol–water partition coefficient (Wildman–Crippen LogP) is 5.93. The Hall–Kier alpha value is -1.27. The van der Waals surface area contributed by atoms with Crippen LogP contribution in [0.2, 0.25) is 0 Å². The minimum Gasteiger partial charge on any atom is -0.505 e. The fourth-order valence-electron chi connectivity index (χ4n) is 3.48. The predicted molar refractivity (Wildman–Crippen MR) is 109 cm³/mol. The molecule has 0 spiro atoms. The van der Waals surface area contributed by atoms with Crippen LogP contribution < -0.4 is 0 Å². The van der Waals surface area contributed by atoms with Gasteiger partial charge >= 0.3 is 5.97 Å². The maximum absolute atomic E-state index is 10.6. The number of benzene rings is 1. The van der Waals surface area contributed by atoms with E-state index in [1.54, 1.807) is 0 Å². The number of hydrogen-bond donors (Lipinski definition) is 2. The van der Waals surface area contributed by atoms with Gasteiger partial charge in [-0.2, -0.15) is 0 Å². The summed E-state index contributed by atoms with van der Waals surface area (Å²) in [6.07, 6.45) is 8.57. The summed E-state index contributed by atoms with van der Waals surface area (Å²) in [5.41, 5.74) is 0.627. The Labute approximate surface area is 166 Å². The molecule has 0 atom stereocenters. The number of carbonyl (C=O) groups is 1. The van der Waals surface area contributed by atoms with E-state index in [1.807, 2.05) is 17.8 Å². The number of aromatic nitrogens is 1. The number of aryl methyl sites for hydroxylation is 1. The van der Waals surface area contributed by atoms with Crippen molar-refractivity contribution in [2.45, 2.75) is 67.9 Å². The summed E-state index contributed by atoms with van der Waals surface area (Å²) >= 11 is 5.48. The molecule has 6 heteroatoms. The Kier molecular flexibility index (Phi) is 6.81. The van der Waals surface area contributed by atoms with Crippen molar-refractivity contribution in [2.24, 2.45) is 0 Å². The highest BCUT2D eigenvalue weighted by molar-refractivity contribution is 9.10. The van der Waals surface area contributed by atoms with E-state index in [2.05, 4.69) is 33.0 Å². The van der Waals surface area contributed by atoms with Crippen LogP contribution in [0.3, 0.4) is 0 Å². The van der Waals surface area contributed by atoms with Crippen LogP contribution in [0.25, 0.3) is 10.8 Å². The Morgan fingerprint density at radius 2 is 1.96 bits per heavy atom. The number of thioether (sulfide) groups is 1. The van der Waals surface area contributed by atoms with E-state index < -0.39 is 5.97 Å². The van der Waals surface area contributed by atoms with Crippen molar-refractivity contribution in [3.63, 3.8) is 0 Å². The molecule has 140 valence electrons. The molecule has 3 rings (SSSR count). The van der Waals surface area contributed by atoms with Gasteiger partial charge in [0, 0.05) is 27.3 Å². The van der Waals surface area contributed by atoms with E-state index in [0.717, 1.165) is 15.4 Å². The zero-order valence-electron chi connectivity index (χ0n) is 14.7. The second kappa shape index (κ2) is 9.09. The summed E-state index contributed by atoms with van der Waals surface area (Å²) in [6.45, 7) is 0. The summed E-state index contributed by atoms with van der Waals surface area (Å²) in [6, 6.07) is 6.17. The van der Waals surface area contributed by atoms with Crippen LogP contribution in [0.4, 0.5) is 0 Å². The number of rotatable bonds is 7. The van der Waals surface area contributed by atoms with Crippen LogP contribution in [-0.4, -0.2) is 26.4 Å². The molecule has 2 N–H and O–H groups in total. The molecular formula is C20H24BrNO3S. The molecule has 1 heterocycles. The largest absolute Gasteiger partial charge is 0.505 e. The molecule has 26 heavy (non-hydrogen) atoms. The zero-order chi connectivity index (χ0) is 18.5. The molecular weight excluding hydrogens is 414 g/mol. The number of carboxylic acids is 1. The number of aliphatic carboxylic acids is 1. The van der Waals surface area contributed by atoms with E-state index in [0.29, 0.717) is 30.2 Å². The van der Waals surface area contributed by atoms with Crippen molar-refractivity contribution < 1.29 is 15.0 Å². The quantitative estimate of drug-likeness (QED) is 0.415. The van der Waals surface area contributed by atoms with Gasteiger partial charge in [-0.05, 0) is 66.2 Å². The smallest absolute Gasteiger partial charge is 0.303 e. The fraction of sp³-hybridized carbons (Fsp3) is 0.500. The first kappa shape index (κ1) is 19.5. The molecule has 0 bridgehead atoms. The van der Waals surface area contributed by atoms with Crippen LogP contribution in [0.1, 0.15) is 57.1 Å². The van der Waals surface area contributed by atoms with Gasteiger partial charge in [0.1, 0.15) is 10.4 Å². The number of unbranched alkanes of at least 4 members (excludes halogenated alkanes) is 1. The summed E-state index contributed by atoms with van der Waals surface area (Å²) in [7, 11) is 0. The van der Waals surface area contributed by atoms with Gasteiger partial charge in [-0.3, -0.25) is 4.79 Å². The Balaban J connectivity index is 1.76. The lowest BCUT2D eigenvalue weighted by Gasteiger charge is -2.21. The topological polar surface area (TPSA) is 70.4 Å². The molecule has 0 radical (unpaired) electrons. The van der Waals surface area contributed by atoms with Crippen LogP contribution in [-0.2, 0) is 11.2 Å². The normalized spacial score (nSPS) is 15.4. The Bertz CT molecular complexity index is 790. The molecule has 1 saturated carbocycles. The standard InChI is InChI=1S/C20H24BrNO3S/c21-20-16-12-14(26-13-6-2-1-3-7-13)10-11-15(16)19(25)17(22-20)8-4-5-9-18(23)24/h10-13,25H,1-9H2,(H,23,24). The first-order chi connectivity index (χ1) is 12.5. The summed E-state index contributed by atoms with van der Waals surface area (Å²) in [4.78, 5) is 16.3. The van der Waals surface area contributed by atoms with Gasteiger partial charge in [-0.1, -0.05) is 19.3 Å². The number of halogens is 1. The van der Waals surface area contributed by atoms with Crippen molar-refractivity contribution >= 4 is 44.4 Å². The third-order valence-electron chi connectivity index (χ3n) is 4.88. The molecule has 0 saturated heterocycles. The lowest BCUT2D eigenvalue weighted by molar-refractivity contribution is -0.137. The lowest BCUT2D eigenvalue weighted by Crippen LogP contribution is -2.07. The highest BCUT2D eigenvalue weighted by atomic mass is 79.9. The van der Waals surface area contributed by atoms with Gasteiger partial charge in [0.15, 0.2) is 0 Å². The van der Waals surface area contributed by atoms with E-state index in [4.69, 9.17) is 5.11 Å². The molecule has 2 aromatic rings. The van der Waals surface area contributed by atoms with E-state index in [9.17, 15) is 9.90 Å². The minimum atomic E-state index is -0.787. The monoisotopic (exact) mass is 437 g/mol. The number of nitrogens with zero attached hydrogens (tertiary/aromatic N) is 1. The van der Waals surface area contributed by atoms with Gasteiger partial charge in [0.05, 0.1) is 5.69 Å². The first-order valence-corrected chi connectivity index (χ1v) is 10.9. The lowest BCUT2D eigenvalue weighted by atomic mass is 10.0. The Morgan fingerprint density at radius 1 is 1.19 bits per heavy atom. The average Bonchev–Trinajstić information content (AvgIpc) is 2.63. The first-order valence-electron chi connectivity index (χ1n) is 9.24. The van der Waals surface area contributed by atoms with Crippen molar-refractivity contribution in [2.75, 3.05) is 0 Å². The number of fused-ring (bicyclic) bond motifs is 1. The molecule has 1 aromatic carbocycles. The number of pyridine rings is 1. The Morgan fingerprint density at radius 3 is 2.69 bits per heavy atom. The van der Waals surface area contributed by atoms with Crippen LogP contribution in [0, 0.1) is 0 Å². The second-order valence-electron chi connectivity index (χ2n) is 6.88. The van der Waals surface area contributed by atoms with E-state index >= 15 is 0 Å².